The third kappa shape index (κ3) is 2.41. The SMILES string of the molecule is NCc1c(C(F)F)cnc(C(F)(F)F)c1Cl. The summed E-state index contributed by atoms with van der Waals surface area (Å²) in [5.41, 5.74) is 2.57. The quantitative estimate of drug-likeness (QED) is 0.830. The molecular formula is C8H6ClF5N2. The predicted molar refractivity (Wildman–Crippen MR) is 47.1 cm³/mol. The first kappa shape index (κ1) is 13.1. The molecule has 0 atom stereocenters. The highest BCUT2D eigenvalue weighted by atomic mass is 35.5. The van der Waals surface area contributed by atoms with Crippen molar-refractivity contribution in [3.63, 3.8) is 0 Å². The molecule has 0 unspecified atom stereocenters. The lowest BCUT2D eigenvalue weighted by Crippen LogP contribution is -2.13. The lowest BCUT2D eigenvalue weighted by Gasteiger charge is -2.13. The van der Waals surface area contributed by atoms with Gasteiger partial charge >= 0.3 is 6.18 Å². The number of pyridine rings is 1. The Labute approximate surface area is 92.2 Å². The minimum atomic E-state index is -4.79. The van der Waals surface area contributed by atoms with Crippen molar-refractivity contribution in [1.82, 2.24) is 4.98 Å². The van der Waals surface area contributed by atoms with Crippen LogP contribution in [-0.2, 0) is 12.7 Å². The lowest BCUT2D eigenvalue weighted by molar-refractivity contribution is -0.141. The molecule has 16 heavy (non-hydrogen) atoms. The molecule has 2 N–H and O–H groups in total. The van der Waals surface area contributed by atoms with Crippen LogP contribution in [0, 0.1) is 0 Å². The second kappa shape index (κ2) is 4.50. The van der Waals surface area contributed by atoms with Gasteiger partial charge in [0.2, 0.25) is 0 Å². The van der Waals surface area contributed by atoms with E-state index in [4.69, 9.17) is 17.3 Å². The molecule has 0 bridgehead atoms. The van der Waals surface area contributed by atoms with E-state index in [0.29, 0.717) is 6.20 Å². The summed E-state index contributed by atoms with van der Waals surface area (Å²) in [6, 6.07) is 0. The van der Waals surface area contributed by atoms with Gasteiger partial charge in [-0.3, -0.25) is 0 Å². The largest absolute Gasteiger partial charge is 0.434 e. The molecule has 0 radical (unpaired) electrons. The number of hydrogen-bond acceptors (Lipinski definition) is 2. The standard InChI is InChI=1S/C8H6ClF5N2/c9-5-3(1-15)4(7(10)11)2-16-6(5)8(12,13)14/h2,7H,1,15H2. The van der Waals surface area contributed by atoms with Gasteiger partial charge in [0.15, 0.2) is 5.69 Å². The summed E-state index contributed by atoms with van der Waals surface area (Å²) in [5, 5.41) is -0.868. The van der Waals surface area contributed by atoms with E-state index in [2.05, 4.69) is 4.98 Å². The van der Waals surface area contributed by atoms with Crippen molar-refractivity contribution < 1.29 is 22.0 Å². The van der Waals surface area contributed by atoms with Crippen LogP contribution in [0.5, 0.6) is 0 Å². The average molecular weight is 261 g/mol. The smallest absolute Gasteiger partial charge is 0.326 e. The second-order valence-corrected chi connectivity index (χ2v) is 3.24. The Morgan fingerprint density at radius 3 is 2.31 bits per heavy atom. The maximum Gasteiger partial charge on any atom is 0.434 e. The van der Waals surface area contributed by atoms with E-state index >= 15 is 0 Å². The summed E-state index contributed by atoms with van der Waals surface area (Å²) in [7, 11) is 0. The molecule has 0 aliphatic heterocycles. The van der Waals surface area contributed by atoms with Crippen LogP contribution in [0.25, 0.3) is 0 Å². The molecule has 1 heterocycles. The zero-order chi connectivity index (χ0) is 12.5. The summed E-state index contributed by atoms with van der Waals surface area (Å²) >= 11 is 5.35. The Hall–Kier alpha value is -0.950. The predicted octanol–water partition coefficient (Wildman–Crippen LogP) is 3.15. The van der Waals surface area contributed by atoms with E-state index < -0.39 is 41.0 Å². The molecule has 0 aliphatic carbocycles. The molecule has 0 spiro atoms. The summed E-state index contributed by atoms with van der Waals surface area (Å²) in [5.74, 6) is 0. The summed E-state index contributed by atoms with van der Waals surface area (Å²) in [6.07, 6.45) is -7.31. The zero-order valence-electron chi connectivity index (χ0n) is 7.65. The van der Waals surface area contributed by atoms with Crippen molar-refractivity contribution in [2.75, 3.05) is 0 Å². The number of aromatic nitrogens is 1. The van der Waals surface area contributed by atoms with E-state index in [1.54, 1.807) is 0 Å². The van der Waals surface area contributed by atoms with E-state index in [-0.39, 0.29) is 0 Å². The maximum atomic E-state index is 12.4. The minimum Gasteiger partial charge on any atom is -0.326 e. The van der Waals surface area contributed by atoms with E-state index in [0.717, 1.165) is 0 Å². The van der Waals surface area contributed by atoms with Gasteiger partial charge in [-0.15, -0.1) is 0 Å². The molecule has 0 amide bonds. The summed E-state index contributed by atoms with van der Waals surface area (Å²) in [4.78, 5) is 2.89. The van der Waals surface area contributed by atoms with Crippen LogP contribution in [0.3, 0.4) is 0 Å². The number of hydrogen-bond donors (Lipinski definition) is 1. The highest BCUT2D eigenvalue weighted by Crippen LogP contribution is 2.37. The fraction of sp³-hybridized carbons (Fsp3) is 0.375. The maximum absolute atomic E-state index is 12.4. The van der Waals surface area contributed by atoms with E-state index in [9.17, 15) is 22.0 Å². The summed E-state index contributed by atoms with van der Waals surface area (Å²) in [6.45, 7) is -0.510. The first-order valence-corrected chi connectivity index (χ1v) is 4.39. The third-order valence-electron chi connectivity index (χ3n) is 1.86. The van der Waals surface area contributed by atoms with Crippen molar-refractivity contribution in [2.24, 2.45) is 5.73 Å². The lowest BCUT2D eigenvalue weighted by atomic mass is 10.1. The van der Waals surface area contributed by atoms with E-state index in [1.165, 1.54) is 0 Å². The molecule has 0 aromatic carbocycles. The molecule has 0 saturated carbocycles. The van der Waals surface area contributed by atoms with Crippen LogP contribution in [0.1, 0.15) is 23.2 Å². The number of rotatable bonds is 2. The molecule has 0 aliphatic rings. The molecule has 8 heteroatoms. The molecule has 0 fully saturated rings. The number of nitrogens with two attached hydrogens (primary N) is 1. The Balaban J connectivity index is 3.41. The Morgan fingerprint density at radius 2 is 1.94 bits per heavy atom. The molecule has 1 aromatic heterocycles. The summed E-state index contributed by atoms with van der Waals surface area (Å²) < 4.78 is 61.7. The van der Waals surface area contributed by atoms with Crippen molar-refractivity contribution in [3.05, 3.63) is 28.0 Å². The molecular weight excluding hydrogens is 255 g/mol. The van der Waals surface area contributed by atoms with Crippen LogP contribution in [0.4, 0.5) is 22.0 Å². The second-order valence-electron chi connectivity index (χ2n) is 2.86. The fourth-order valence-electron chi connectivity index (χ4n) is 1.13. The number of halogens is 6. The van der Waals surface area contributed by atoms with Gasteiger partial charge in [-0.2, -0.15) is 13.2 Å². The average Bonchev–Trinajstić information content (AvgIpc) is 2.14. The molecule has 90 valence electrons. The van der Waals surface area contributed by atoms with Gasteiger partial charge in [-0.05, 0) is 5.56 Å². The normalized spacial score (nSPS) is 12.2. The van der Waals surface area contributed by atoms with Crippen LogP contribution < -0.4 is 5.73 Å². The Kier molecular flexibility index (Phi) is 3.69. The highest BCUT2D eigenvalue weighted by molar-refractivity contribution is 6.32. The van der Waals surface area contributed by atoms with Crippen LogP contribution in [0.2, 0.25) is 5.02 Å². The first-order chi connectivity index (χ1) is 7.29. The van der Waals surface area contributed by atoms with Gasteiger partial charge < -0.3 is 5.73 Å². The minimum absolute atomic E-state index is 0.431. The highest BCUT2D eigenvalue weighted by Gasteiger charge is 2.37. The van der Waals surface area contributed by atoms with Crippen LogP contribution in [-0.4, -0.2) is 4.98 Å². The van der Waals surface area contributed by atoms with Crippen molar-refractivity contribution in [2.45, 2.75) is 19.1 Å². The van der Waals surface area contributed by atoms with Crippen molar-refractivity contribution in [1.29, 1.82) is 0 Å². The molecule has 1 rings (SSSR count). The molecule has 1 aromatic rings. The van der Waals surface area contributed by atoms with Gasteiger partial charge in [0.05, 0.1) is 5.02 Å². The van der Waals surface area contributed by atoms with Crippen molar-refractivity contribution >= 4 is 11.6 Å². The fourth-order valence-corrected chi connectivity index (χ4v) is 1.47. The monoisotopic (exact) mass is 260 g/mol. The number of alkyl halides is 5. The van der Waals surface area contributed by atoms with E-state index in [1.807, 2.05) is 0 Å². The first-order valence-electron chi connectivity index (χ1n) is 4.01. The topological polar surface area (TPSA) is 38.9 Å². The van der Waals surface area contributed by atoms with Gasteiger partial charge in [0.1, 0.15) is 0 Å². The van der Waals surface area contributed by atoms with Gasteiger partial charge in [-0.1, -0.05) is 11.6 Å². The third-order valence-corrected chi connectivity index (χ3v) is 2.27. The van der Waals surface area contributed by atoms with Crippen LogP contribution >= 0.6 is 11.6 Å². The molecule has 2 nitrogen and oxygen atoms in total. The Morgan fingerprint density at radius 1 is 1.38 bits per heavy atom. The van der Waals surface area contributed by atoms with Gasteiger partial charge in [0, 0.05) is 18.3 Å². The van der Waals surface area contributed by atoms with Gasteiger partial charge in [-0.25, -0.2) is 13.8 Å². The molecule has 0 saturated heterocycles. The zero-order valence-corrected chi connectivity index (χ0v) is 8.41. The van der Waals surface area contributed by atoms with Gasteiger partial charge in [0.25, 0.3) is 6.43 Å². The van der Waals surface area contributed by atoms with Crippen molar-refractivity contribution in [3.8, 4) is 0 Å². The Bertz CT molecular complexity index is 391. The number of nitrogens with zero attached hydrogens (tertiary/aromatic N) is 1. The van der Waals surface area contributed by atoms with Crippen LogP contribution in [0.15, 0.2) is 6.20 Å².